The number of carbonyl (C=O) groups is 2. The summed E-state index contributed by atoms with van der Waals surface area (Å²) in [7, 11) is 0. The molecule has 21 heavy (non-hydrogen) atoms. The molecule has 1 fully saturated rings. The van der Waals surface area contributed by atoms with Crippen molar-refractivity contribution in [1.29, 1.82) is 0 Å². The van der Waals surface area contributed by atoms with Gasteiger partial charge in [-0.2, -0.15) is 13.2 Å². The molecule has 1 heterocycles. The van der Waals surface area contributed by atoms with Gasteiger partial charge >= 0.3 is 12.1 Å². The van der Waals surface area contributed by atoms with Crippen LogP contribution in [0.1, 0.15) is 15.9 Å². The summed E-state index contributed by atoms with van der Waals surface area (Å²) in [5.74, 6) is -2.01. The number of halogens is 3. The first-order valence-electron chi connectivity index (χ1n) is 6.09. The monoisotopic (exact) mass is 303 g/mol. The lowest BCUT2D eigenvalue weighted by Gasteiger charge is -2.33. The highest BCUT2D eigenvalue weighted by atomic mass is 19.4. The topological polar surface area (TPSA) is 66.8 Å². The Hall–Kier alpha value is -2.09. The van der Waals surface area contributed by atoms with Crippen LogP contribution in [0.4, 0.5) is 13.2 Å². The van der Waals surface area contributed by atoms with E-state index in [-0.39, 0.29) is 25.3 Å². The van der Waals surface area contributed by atoms with Crippen LogP contribution in [-0.4, -0.2) is 47.7 Å². The van der Waals surface area contributed by atoms with Crippen molar-refractivity contribution in [2.24, 2.45) is 0 Å². The molecule has 0 aromatic heterocycles. The first kappa shape index (κ1) is 15.3. The molecule has 0 aliphatic carbocycles. The Labute approximate surface area is 117 Å². The van der Waals surface area contributed by atoms with Crippen LogP contribution in [0.2, 0.25) is 0 Å². The highest BCUT2D eigenvalue weighted by molar-refractivity contribution is 5.97. The normalized spacial score (nSPS) is 19.4. The van der Waals surface area contributed by atoms with Crippen LogP contribution < -0.4 is 0 Å². The van der Waals surface area contributed by atoms with Gasteiger partial charge in [-0.15, -0.1) is 0 Å². The number of nitrogens with zero attached hydrogens (tertiary/aromatic N) is 1. The molecule has 1 aliphatic rings. The third-order valence-electron chi connectivity index (χ3n) is 3.11. The van der Waals surface area contributed by atoms with Gasteiger partial charge < -0.3 is 14.7 Å². The predicted octanol–water partition coefficient (Wildman–Crippen LogP) is 1.63. The van der Waals surface area contributed by atoms with Crippen LogP contribution in [0, 0.1) is 0 Å². The summed E-state index contributed by atoms with van der Waals surface area (Å²) < 4.78 is 42.9. The predicted molar refractivity (Wildman–Crippen MR) is 64.7 cm³/mol. The van der Waals surface area contributed by atoms with E-state index in [1.807, 2.05) is 0 Å². The number of hydrogen-bond donors (Lipinski definition) is 1. The van der Waals surface area contributed by atoms with Gasteiger partial charge in [-0.3, -0.25) is 4.79 Å². The van der Waals surface area contributed by atoms with E-state index < -0.39 is 29.7 Å². The molecule has 0 spiro atoms. The molecular weight excluding hydrogens is 291 g/mol. The average molecular weight is 303 g/mol. The maximum Gasteiger partial charge on any atom is 0.416 e. The second kappa shape index (κ2) is 5.72. The van der Waals surface area contributed by atoms with Gasteiger partial charge in [0.15, 0.2) is 6.04 Å². The fourth-order valence-electron chi connectivity index (χ4n) is 2.05. The van der Waals surface area contributed by atoms with E-state index in [1.165, 1.54) is 6.07 Å². The Morgan fingerprint density at radius 1 is 1.33 bits per heavy atom. The smallest absolute Gasteiger partial charge is 0.416 e. The van der Waals surface area contributed by atoms with Crippen molar-refractivity contribution in [1.82, 2.24) is 4.90 Å². The van der Waals surface area contributed by atoms with Crippen molar-refractivity contribution < 1.29 is 32.6 Å². The third kappa shape index (κ3) is 3.33. The standard InChI is InChI=1S/C13H12F3NO4/c14-13(15,16)9-3-1-2-8(6-9)11(18)17-4-5-21-7-10(17)12(19)20/h1-3,6,10H,4-5,7H2,(H,19,20)/t10-/m1/s1. The van der Waals surface area contributed by atoms with Crippen LogP contribution in [0.5, 0.6) is 0 Å². The first-order chi connectivity index (χ1) is 9.80. The number of aliphatic carboxylic acids is 1. The summed E-state index contributed by atoms with van der Waals surface area (Å²) in [5, 5.41) is 9.03. The van der Waals surface area contributed by atoms with E-state index in [2.05, 4.69) is 0 Å². The van der Waals surface area contributed by atoms with Gasteiger partial charge in [0.25, 0.3) is 5.91 Å². The van der Waals surface area contributed by atoms with Crippen molar-refractivity contribution in [3.05, 3.63) is 35.4 Å². The fraction of sp³-hybridized carbons (Fsp3) is 0.385. The maximum atomic E-state index is 12.6. The van der Waals surface area contributed by atoms with E-state index in [0.717, 1.165) is 23.1 Å². The van der Waals surface area contributed by atoms with Crippen molar-refractivity contribution in [3.8, 4) is 0 Å². The minimum Gasteiger partial charge on any atom is -0.480 e. The summed E-state index contributed by atoms with van der Waals surface area (Å²) in [6.45, 7) is -0.0133. The number of morpholine rings is 1. The van der Waals surface area contributed by atoms with Gasteiger partial charge in [0.05, 0.1) is 18.8 Å². The van der Waals surface area contributed by atoms with Gasteiger partial charge in [-0.25, -0.2) is 4.79 Å². The number of carboxylic acids is 1. The molecule has 1 saturated heterocycles. The van der Waals surface area contributed by atoms with Crippen LogP contribution in [0.3, 0.4) is 0 Å². The number of rotatable bonds is 2. The lowest BCUT2D eigenvalue weighted by Crippen LogP contribution is -2.52. The number of alkyl halides is 3. The highest BCUT2D eigenvalue weighted by Crippen LogP contribution is 2.30. The maximum absolute atomic E-state index is 12.6. The highest BCUT2D eigenvalue weighted by Gasteiger charge is 2.35. The lowest BCUT2D eigenvalue weighted by molar-refractivity contribution is -0.147. The minimum absolute atomic E-state index is 0.0199. The Kier molecular flexibility index (Phi) is 4.17. The molecule has 1 N–H and O–H groups in total. The second-order valence-electron chi connectivity index (χ2n) is 4.51. The van der Waals surface area contributed by atoms with Crippen LogP contribution >= 0.6 is 0 Å². The van der Waals surface area contributed by atoms with Crippen molar-refractivity contribution in [2.45, 2.75) is 12.2 Å². The molecule has 5 nitrogen and oxygen atoms in total. The van der Waals surface area contributed by atoms with Crippen LogP contribution in [0.25, 0.3) is 0 Å². The molecule has 8 heteroatoms. The molecule has 1 aliphatic heterocycles. The van der Waals surface area contributed by atoms with Crippen molar-refractivity contribution in [3.63, 3.8) is 0 Å². The van der Waals surface area contributed by atoms with Gasteiger partial charge in [0.1, 0.15) is 0 Å². The molecule has 114 valence electrons. The number of ether oxygens (including phenoxy) is 1. The van der Waals surface area contributed by atoms with E-state index in [4.69, 9.17) is 9.84 Å². The van der Waals surface area contributed by atoms with Gasteiger partial charge in [-0.05, 0) is 18.2 Å². The van der Waals surface area contributed by atoms with E-state index in [0.29, 0.717) is 0 Å². The SMILES string of the molecule is O=C(O)[C@H]1COCCN1C(=O)c1cccc(C(F)(F)F)c1. The van der Waals surface area contributed by atoms with Gasteiger partial charge in [0, 0.05) is 12.1 Å². The Morgan fingerprint density at radius 3 is 2.67 bits per heavy atom. The zero-order valence-corrected chi connectivity index (χ0v) is 10.8. The minimum atomic E-state index is -4.56. The third-order valence-corrected chi connectivity index (χ3v) is 3.11. The zero-order valence-electron chi connectivity index (χ0n) is 10.8. The molecule has 1 atom stereocenters. The molecule has 0 saturated carbocycles. The van der Waals surface area contributed by atoms with E-state index in [1.54, 1.807) is 0 Å². The lowest BCUT2D eigenvalue weighted by atomic mass is 10.1. The number of benzene rings is 1. The summed E-state index contributed by atoms with van der Waals surface area (Å²) in [4.78, 5) is 24.3. The molecule has 0 bridgehead atoms. The second-order valence-corrected chi connectivity index (χ2v) is 4.51. The zero-order chi connectivity index (χ0) is 15.6. The Morgan fingerprint density at radius 2 is 2.05 bits per heavy atom. The largest absolute Gasteiger partial charge is 0.480 e. The van der Waals surface area contributed by atoms with E-state index >= 15 is 0 Å². The van der Waals surface area contributed by atoms with Crippen molar-refractivity contribution in [2.75, 3.05) is 19.8 Å². The molecular formula is C13H12F3NO4. The molecule has 1 aromatic carbocycles. The summed E-state index contributed by atoms with van der Waals surface area (Å²) in [6, 6.07) is 2.72. The van der Waals surface area contributed by atoms with Gasteiger partial charge in [-0.1, -0.05) is 6.07 Å². The summed E-state index contributed by atoms with van der Waals surface area (Å²) in [5.41, 5.74) is -1.15. The molecule has 0 unspecified atom stereocenters. The number of amides is 1. The summed E-state index contributed by atoms with van der Waals surface area (Å²) in [6.07, 6.45) is -4.56. The van der Waals surface area contributed by atoms with E-state index in [9.17, 15) is 22.8 Å². The summed E-state index contributed by atoms with van der Waals surface area (Å²) >= 11 is 0. The molecule has 2 rings (SSSR count). The Balaban J connectivity index is 2.28. The quantitative estimate of drug-likeness (QED) is 0.902. The first-order valence-corrected chi connectivity index (χ1v) is 6.09. The Bertz CT molecular complexity index is 559. The van der Waals surface area contributed by atoms with Crippen LogP contribution in [-0.2, 0) is 15.7 Å². The number of carbonyl (C=O) groups excluding carboxylic acids is 1. The van der Waals surface area contributed by atoms with Crippen molar-refractivity contribution >= 4 is 11.9 Å². The number of hydrogen-bond acceptors (Lipinski definition) is 3. The molecule has 1 aromatic rings. The molecule has 0 radical (unpaired) electrons. The van der Waals surface area contributed by atoms with Gasteiger partial charge in [0.2, 0.25) is 0 Å². The fourth-order valence-corrected chi connectivity index (χ4v) is 2.05. The average Bonchev–Trinajstić information content (AvgIpc) is 2.45. The van der Waals surface area contributed by atoms with Crippen LogP contribution in [0.15, 0.2) is 24.3 Å². The molecule has 1 amide bonds. The number of carboxylic acid groups (broad SMARTS) is 1.